The molecule has 2 aromatic rings. The molecule has 96 valence electrons. The van der Waals surface area contributed by atoms with Crippen LogP contribution in [0.4, 0.5) is 0 Å². The van der Waals surface area contributed by atoms with Crippen LogP contribution in [0.2, 0.25) is 5.02 Å². The number of hydrogen-bond donors (Lipinski definition) is 1. The van der Waals surface area contributed by atoms with Gasteiger partial charge in [-0.1, -0.05) is 27.5 Å². The molecule has 0 amide bonds. The molecule has 1 heterocycles. The summed E-state index contributed by atoms with van der Waals surface area (Å²) in [5.74, 6) is 0. The lowest BCUT2D eigenvalue weighted by molar-refractivity contribution is 0.178. The molecule has 0 aliphatic heterocycles. The Morgan fingerprint density at radius 2 is 2.17 bits per heavy atom. The van der Waals surface area contributed by atoms with E-state index >= 15 is 0 Å². The van der Waals surface area contributed by atoms with Gasteiger partial charge in [0.25, 0.3) is 0 Å². The standard InChI is InChI=1S/C13H13BrClNOS/c1-7-8(2)18-13(16-7)6-12(17)10-5-9(14)3-4-11(10)15/h3-5,12,17H,6H2,1-2H3. The van der Waals surface area contributed by atoms with Gasteiger partial charge in [0, 0.05) is 26.4 Å². The van der Waals surface area contributed by atoms with Crippen molar-refractivity contribution in [1.82, 2.24) is 4.98 Å². The zero-order valence-electron chi connectivity index (χ0n) is 10.1. The highest BCUT2D eigenvalue weighted by Gasteiger charge is 2.15. The molecule has 0 saturated carbocycles. The third-order valence-electron chi connectivity index (χ3n) is 2.76. The number of rotatable bonds is 3. The number of aryl methyl sites for hydroxylation is 2. The summed E-state index contributed by atoms with van der Waals surface area (Å²) in [5, 5.41) is 11.8. The van der Waals surface area contributed by atoms with Gasteiger partial charge in [-0.15, -0.1) is 11.3 Å². The molecule has 1 unspecified atom stereocenters. The maximum atomic E-state index is 10.2. The lowest BCUT2D eigenvalue weighted by Gasteiger charge is -2.11. The molecular formula is C13H13BrClNOS. The molecular weight excluding hydrogens is 334 g/mol. The van der Waals surface area contributed by atoms with E-state index in [1.54, 1.807) is 17.4 Å². The average molecular weight is 347 g/mol. The molecule has 0 aliphatic rings. The molecule has 18 heavy (non-hydrogen) atoms. The van der Waals surface area contributed by atoms with Crippen LogP contribution in [-0.2, 0) is 6.42 Å². The number of nitrogens with zero attached hydrogens (tertiary/aromatic N) is 1. The highest BCUT2D eigenvalue weighted by Crippen LogP contribution is 2.30. The second-order valence-corrected chi connectivity index (χ2v) is 6.75. The first-order valence-corrected chi connectivity index (χ1v) is 7.52. The van der Waals surface area contributed by atoms with Crippen LogP contribution in [0.15, 0.2) is 22.7 Å². The lowest BCUT2D eigenvalue weighted by atomic mass is 10.1. The topological polar surface area (TPSA) is 33.1 Å². The van der Waals surface area contributed by atoms with Crippen LogP contribution < -0.4 is 0 Å². The van der Waals surface area contributed by atoms with Crippen molar-refractivity contribution in [2.75, 3.05) is 0 Å². The van der Waals surface area contributed by atoms with Crippen LogP contribution in [0.25, 0.3) is 0 Å². The van der Waals surface area contributed by atoms with Gasteiger partial charge in [-0.2, -0.15) is 0 Å². The average Bonchev–Trinajstić information content (AvgIpc) is 2.61. The predicted molar refractivity (Wildman–Crippen MR) is 79.4 cm³/mol. The Morgan fingerprint density at radius 1 is 1.44 bits per heavy atom. The number of halogens is 2. The Kier molecular flexibility index (Phi) is 4.43. The number of aliphatic hydroxyl groups excluding tert-OH is 1. The fourth-order valence-electron chi connectivity index (χ4n) is 1.67. The first kappa shape index (κ1) is 14.0. The second kappa shape index (κ2) is 5.70. The molecule has 1 N–H and O–H groups in total. The van der Waals surface area contributed by atoms with Crippen LogP contribution in [0.5, 0.6) is 0 Å². The fourth-order valence-corrected chi connectivity index (χ4v) is 3.26. The molecule has 5 heteroatoms. The van der Waals surface area contributed by atoms with E-state index < -0.39 is 6.10 Å². The van der Waals surface area contributed by atoms with Crippen LogP contribution in [0.3, 0.4) is 0 Å². The summed E-state index contributed by atoms with van der Waals surface area (Å²) in [6.45, 7) is 4.02. The zero-order chi connectivity index (χ0) is 13.3. The summed E-state index contributed by atoms with van der Waals surface area (Å²) in [4.78, 5) is 5.62. The van der Waals surface area contributed by atoms with Crippen molar-refractivity contribution >= 4 is 38.9 Å². The van der Waals surface area contributed by atoms with Crippen molar-refractivity contribution in [2.24, 2.45) is 0 Å². The minimum absolute atomic E-state index is 0.496. The van der Waals surface area contributed by atoms with Crippen LogP contribution in [0.1, 0.15) is 27.2 Å². The lowest BCUT2D eigenvalue weighted by Crippen LogP contribution is -2.02. The van der Waals surface area contributed by atoms with Crippen molar-refractivity contribution in [3.05, 3.63) is 48.8 Å². The van der Waals surface area contributed by atoms with Crippen molar-refractivity contribution in [1.29, 1.82) is 0 Å². The summed E-state index contributed by atoms with van der Waals surface area (Å²) in [7, 11) is 0. The summed E-state index contributed by atoms with van der Waals surface area (Å²) in [6, 6.07) is 5.49. The van der Waals surface area contributed by atoms with Crippen molar-refractivity contribution < 1.29 is 5.11 Å². The molecule has 0 bridgehead atoms. The third-order valence-corrected chi connectivity index (χ3v) is 4.69. The molecule has 1 atom stereocenters. The third kappa shape index (κ3) is 3.12. The number of benzene rings is 1. The van der Waals surface area contributed by atoms with E-state index in [0.717, 1.165) is 20.7 Å². The summed E-state index contributed by atoms with van der Waals surface area (Å²) >= 11 is 11.1. The maximum Gasteiger partial charge on any atom is 0.0960 e. The Bertz CT molecular complexity index is 551. The van der Waals surface area contributed by atoms with E-state index in [2.05, 4.69) is 20.9 Å². The van der Waals surface area contributed by atoms with Gasteiger partial charge in [-0.05, 0) is 32.0 Å². The van der Waals surface area contributed by atoms with Crippen LogP contribution in [-0.4, -0.2) is 10.1 Å². The summed E-state index contributed by atoms with van der Waals surface area (Å²) < 4.78 is 0.910. The highest BCUT2D eigenvalue weighted by atomic mass is 79.9. The quantitative estimate of drug-likeness (QED) is 0.890. The Hall–Kier alpha value is -0.420. The van der Waals surface area contributed by atoms with E-state index in [9.17, 15) is 5.11 Å². The van der Waals surface area contributed by atoms with E-state index in [4.69, 9.17) is 11.6 Å². The largest absolute Gasteiger partial charge is 0.388 e. The molecule has 2 nitrogen and oxygen atoms in total. The predicted octanol–water partition coefficient (Wildman–Crippen LogP) is 4.45. The molecule has 2 rings (SSSR count). The van der Waals surface area contributed by atoms with Crippen molar-refractivity contribution in [3.8, 4) is 0 Å². The number of aromatic nitrogens is 1. The SMILES string of the molecule is Cc1nc(CC(O)c2cc(Br)ccc2Cl)sc1C. The Labute approximate surface area is 124 Å². The van der Waals surface area contributed by atoms with E-state index in [1.807, 2.05) is 26.0 Å². The smallest absolute Gasteiger partial charge is 0.0960 e. The van der Waals surface area contributed by atoms with Gasteiger partial charge in [-0.3, -0.25) is 0 Å². The number of hydrogen-bond acceptors (Lipinski definition) is 3. The van der Waals surface area contributed by atoms with Gasteiger partial charge in [0.05, 0.1) is 16.8 Å². The second-order valence-electron chi connectivity index (χ2n) is 4.13. The molecule has 0 saturated heterocycles. The molecule has 0 spiro atoms. The maximum absolute atomic E-state index is 10.2. The van der Waals surface area contributed by atoms with Crippen molar-refractivity contribution in [3.63, 3.8) is 0 Å². The first-order valence-electron chi connectivity index (χ1n) is 5.53. The van der Waals surface area contributed by atoms with Gasteiger partial charge >= 0.3 is 0 Å². The van der Waals surface area contributed by atoms with Crippen LogP contribution >= 0.6 is 38.9 Å². The number of aliphatic hydroxyl groups is 1. The minimum Gasteiger partial charge on any atom is -0.388 e. The van der Waals surface area contributed by atoms with Gasteiger partial charge in [0.2, 0.25) is 0 Å². The van der Waals surface area contributed by atoms with Gasteiger partial charge in [-0.25, -0.2) is 4.98 Å². The number of thiazole rings is 1. The molecule has 1 aromatic carbocycles. The summed E-state index contributed by atoms with van der Waals surface area (Å²) in [6.07, 6.45) is -0.129. The van der Waals surface area contributed by atoms with E-state index in [0.29, 0.717) is 11.4 Å². The Morgan fingerprint density at radius 3 is 2.78 bits per heavy atom. The highest BCUT2D eigenvalue weighted by molar-refractivity contribution is 9.10. The fraction of sp³-hybridized carbons (Fsp3) is 0.308. The summed E-state index contributed by atoms with van der Waals surface area (Å²) in [5.41, 5.74) is 1.76. The van der Waals surface area contributed by atoms with E-state index in [1.165, 1.54) is 4.88 Å². The van der Waals surface area contributed by atoms with Crippen molar-refractivity contribution in [2.45, 2.75) is 26.4 Å². The first-order chi connectivity index (χ1) is 8.47. The Balaban J connectivity index is 2.21. The van der Waals surface area contributed by atoms with Crippen LogP contribution in [0, 0.1) is 13.8 Å². The molecule has 0 radical (unpaired) electrons. The molecule has 0 aliphatic carbocycles. The van der Waals surface area contributed by atoms with Gasteiger partial charge in [0.1, 0.15) is 0 Å². The zero-order valence-corrected chi connectivity index (χ0v) is 13.2. The van der Waals surface area contributed by atoms with Gasteiger partial charge < -0.3 is 5.11 Å². The normalized spacial score (nSPS) is 12.7. The van der Waals surface area contributed by atoms with Gasteiger partial charge in [0.15, 0.2) is 0 Å². The minimum atomic E-state index is -0.625. The molecule has 1 aromatic heterocycles. The molecule has 0 fully saturated rings. The van der Waals surface area contributed by atoms with E-state index in [-0.39, 0.29) is 0 Å². The monoisotopic (exact) mass is 345 g/mol.